The van der Waals surface area contributed by atoms with Crippen molar-refractivity contribution in [3.8, 4) is 6.07 Å². The molecule has 0 spiro atoms. The van der Waals surface area contributed by atoms with Crippen molar-refractivity contribution in [2.45, 2.75) is 13.5 Å². The summed E-state index contributed by atoms with van der Waals surface area (Å²) in [6.45, 7) is 2.44. The summed E-state index contributed by atoms with van der Waals surface area (Å²) in [5.41, 5.74) is 3.67. The summed E-state index contributed by atoms with van der Waals surface area (Å²) in [6, 6.07) is 14.9. The number of carboxylic acids is 1. The lowest BCUT2D eigenvalue weighted by Gasteiger charge is -2.20. The number of nitrogens with zero attached hydrogens (tertiary/aromatic N) is 2. The molecule has 0 unspecified atom stereocenters. The number of hydrogen-bond acceptors (Lipinski definition) is 3. The van der Waals surface area contributed by atoms with Gasteiger partial charge in [-0.25, -0.2) is 4.79 Å². The maximum Gasteiger partial charge on any atom is 0.335 e. The number of nitriles is 1. The van der Waals surface area contributed by atoms with Gasteiger partial charge in [-0.2, -0.15) is 5.26 Å². The molecule has 4 nitrogen and oxygen atoms in total. The molecule has 0 atom stereocenters. The summed E-state index contributed by atoms with van der Waals surface area (Å²) in [6.07, 6.45) is 0. The summed E-state index contributed by atoms with van der Waals surface area (Å²) in [7, 11) is 1.94. The van der Waals surface area contributed by atoms with E-state index in [2.05, 4.69) is 6.07 Å². The van der Waals surface area contributed by atoms with Crippen molar-refractivity contribution in [1.29, 1.82) is 5.26 Å². The molecule has 4 heteroatoms. The summed E-state index contributed by atoms with van der Waals surface area (Å²) >= 11 is 0. The maximum atomic E-state index is 11.0. The Hall–Kier alpha value is -2.80. The van der Waals surface area contributed by atoms with E-state index >= 15 is 0 Å². The number of carbonyl (C=O) groups is 1. The zero-order valence-corrected chi connectivity index (χ0v) is 12.0. The van der Waals surface area contributed by atoms with Gasteiger partial charge in [-0.15, -0.1) is 0 Å². The van der Waals surface area contributed by atoms with Crippen LogP contribution in [0.4, 0.5) is 5.69 Å². The fraction of sp³-hybridized carbons (Fsp3) is 0.176. The Morgan fingerprint density at radius 3 is 2.67 bits per heavy atom. The van der Waals surface area contributed by atoms with E-state index in [1.807, 2.05) is 36.2 Å². The summed E-state index contributed by atoms with van der Waals surface area (Å²) in [4.78, 5) is 13.0. The van der Waals surface area contributed by atoms with Gasteiger partial charge >= 0.3 is 5.97 Å². The summed E-state index contributed by atoms with van der Waals surface area (Å²) in [5.74, 6) is -0.913. The van der Waals surface area contributed by atoms with Crippen LogP contribution in [0.15, 0.2) is 42.5 Å². The van der Waals surface area contributed by atoms with Gasteiger partial charge in [-0.3, -0.25) is 0 Å². The molecule has 0 aliphatic heterocycles. The number of benzene rings is 2. The highest BCUT2D eigenvalue weighted by atomic mass is 16.4. The standard InChI is InChI=1S/C17H16N2O2/c1-12-8-15(6-7-16(12)17(20)21)19(2)11-14-5-3-4-13(9-14)10-18/h3-9H,11H2,1-2H3,(H,20,21). The molecule has 0 radical (unpaired) electrons. The van der Waals surface area contributed by atoms with Gasteiger partial charge < -0.3 is 10.0 Å². The number of carboxylic acid groups (broad SMARTS) is 1. The Balaban J connectivity index is 2.20. The first-order valence-electron chi connectivity index (χ1n) is 6.55. The zero-order valence-electron chi connectivity index (χ0n) is 12.0. The monoisotopic (exact) mass is 280 g/mol. The Morgan fingerprint density at radius 1 is 1.29 bits per heavy atom. The number of rotatable bonds is 4. The van der Waals surface area contributed by atoms with Crippen molar-refractivity contribution in [1.82, 2.24) is 0 Å². The van der Waals surface area contributed by atoms with E-state index in [1.165, 1.54) is 0 Å². The topological polar surface area (TPSA) is 64.3 Å². The average Bonchev–Trinajstić information content (AvgIpc) is 2.46. The Labute approximate surface area is 123 Å². The first-order chi connectivity index (χ1) is 10.0. The second-order valence-electron chi connectivity index (χ2n) is 4.97. The van der Waals surface area contributed by atoms with Crippen molar-refractivity contribution >= 4 is 11.7 Å². The van der Waals surface area contributed by atoms with Crippen LogP contribution < -0.4 is 4.90 Å². The quantitative estimate of drug-likeness (QED) is 0.934. The molecule has 0 saturated heterocycles. The fourth-order valence-electron chi connectivity index (χ4n) is 2.23. The molecule has 0 fully saturated rings. The number of hydrogen-bond donors (Lipinski definition) is 1. The van der Waals surface area contributed by atoms with Crippen molar-refractivity contribution < 1.29 is 9.90 Å². The molecule has 2 aromatic rings. The van der Waals surface area contributed by atoms with Crippen LogP contribution in [0.2, 0.25) is 0 Å². The number of anilines is 1. The molecule has 0 heterocycles. The lowest BCUT2D eigenvalue weighted by Crippen LogP contribution is -2.17. The third-order valence-electron chi connectivity index (χ3n) is 3.36. The molecule has 0 amide bonds. The smallest absolute Gasteiger partial charge is 0.335 e. The van der Waals surface area contributed by atoms with Crippen LogP contribution in [0.5, 0.6) is 0 Å². The minimum atomic E-state index is -0.913. The third-order valence-corrected chi connectivity index (χ3v) is 3.36. The molecule has 2 aromatic carbocycles. The van der Waals surface area contributed by atoms with Crippen LogP contribution in [-0.2, 0) is 6.54 Å². The molecule has 106 valence electrons. The highest BCUT2D eigenvalue weighted by Crippen LogP contribution is 2.20. The van der Waals surface area contributed by atoms with Crippen LogP contribution in [-0.4, -0.2) is 18.1 Å². The van der Waals surface area contributed by atoms with Crippen LogP contribution in [0.25, 0.3) is 0 Å². The molecule has 0 aliphatic carbocycles. The van der Waals surface area contributed by atoms with Gasteiger partial charge in [-0.1, -0.05) is 12.1 Å². The normalized spacial score (nSPS) is 9.95. The van der Waals surface area contributed by atoms with E-state index in [0.717, 1.165) is 16.8 Å². The Morgan fingerprint density at radius 2 is 2.05 bits per heavy atom. The first kappa shape index (κ1) is 14.6. The number of aryl methyl sites for hydroxylation is 1. The van der Waals surface area contributed by atoms with E-state index in [9.17, 15) is 4.79 Å². The van der Waals surface area contributed by atoms with Gasteiger partial charge in [0.2, 0.25) is 0 Å². The second kappa shape index (κ2) is 6.10. The molecule has 0 bridgehead atoms. The Bertz CT molecular complexity index is 717. The van der Waals surface area contributed by atoms with Crippen molar-refractivity contribution in [2.75, 3.05) is 11.9 Å². The highest BCUT2D eigenvalue weighted by molar-refractivity contribution is 5.89. The summed E-state index contributed by atoms with van der Waals surface area (Å²) in [5, 5.41) is 18.0. The molecule has 0 aromatic heterocycles. The molecule has 1 N–H and O–H groups in total. The van der Waals surface area contributed by atoms with Crippen molar-refractivity contribution in [3.63, 3.8) is 0 Å². The van der Waals surface area contributed by atoms with Gasteiger partial charge in [0, 0.05) is 19.3 Å². The summed E-state index contributed by atoms with van der Waals surface area (Å²) < 4.78 is 0. The van der Waals surface area contributed by atoms with Crippen LogP contribution in [0.3, 0.4) is 0 Å². The van der Waals surface area contributed by atoms with Gasteiger partial charge in [0.05, 0.1) is 17.2 Å². The van der Waals surface area contributed by atoms with Crippen molar-refractivity contribution in [3.05, 3.63) is 64.7 Å². The van der Waals surface area contributed by atoms with Crippen LogP contribution in [0, 0.1) is 18.3 Å². The molecule has 21 heavy (non-hydrogen) atoms. The van der Waals surface area contributed by atoms with E-state index in [-0.39, 0.29) is 0 Å². The maximum absolute atomic E-state index is 11.0. The van der Waals surface area contributed by atoms with E-state index in [1.54, 1.807) is 25.1 Å². The van der Waals surface area contributed by atoms with Gasteiger partial charge in [-0.05, 0) is 48.4 Å². The number of aromatic carboxylic acids is 1. The molecular weight excluding hydrogens is 264 g/mol. The molecule has 0 saturated carbocycles. The van der Waals surface area contributed by atoms with Gasteiger partial charge in [0.25, 0.3) is 0 Å². The van der Waals surface area contributed by atoms with E-state index in [4.69, 9.17) is 10.4 Å². The molecular formula is C17H16N2O2. The predicted octanol–water partition coefficient (Wildman–Crippen LogP) is 3.20. The molecule has 0 aliphatic rings. The Kier molecular flexibility index (Phi) is 4.24. The van der Waals surface area contributed by atoms with E-state index in [0.29, 0.717) is 17.7 Å². The molecule has 2 rings (SSSR count). The van der Waals surface area contributed by atoms with E-state index < -0.39 is 5.97 Å². The third kappa shape index (κ3) is 3.40. The fourth-order valence-corrected chi connectivity index (χ4v) is 2.23. The lowest BCUT2D eigenvalue weighted by molar-refractivity contribution is 0.0696. The highest BCUT2D eigenvalue weighted by Gasteiger charge is 2.09. The van der Waals surface area contributed by atoms with Crippen LogP contribution >= 0.6 is 0 Å². The minimum Gasteiger partial charge on any atom is -0.478 e. The zero-order chi connectivity index (χ0) is 15.4. The predicted molar refractivity (Wildman–Crippen MR) is 81.4 cm³/mol. The van der Waals surface area contributed by atoms with Gasteiger partial charge in [0.15, 0.2) is 0 Å². The second-order valence-corrected chi connectivity index (χ2v) is 4.97. The van der Waals surface area contributed by atoms with Crippen LogP contribution in [0.1, 0.15) is 27.0 Å². The average molecular weight is 280 g/mol. The van der Waals surface area contributed by atoms with Crippen molar-refractivity contribution in [2.24, 2.45) is 0 Å². The SMILES string of the molecule is Cc1cc(N(C)Cc2cccc(C#N)c2)ccc1C(=O)O. The first-order valence-corrected chi connectivity index (χ1v) is 6.55. The lowest BCUT2D eigenvalue weighted by atomic mass is 10.1. The van der Waals surface area contributed by atoms with Gasteiger partial charge in [0.1, 0.15) is 0 Å². The largest absolute Gasteiger partial charge is 0.478 e. The minimum absolute atomic E-state index is 0.318.